The van der Waals surface area contributed by atoms with Gasteiger partial charge in [0.2, 0.25) is 0 Å². The van der Waals surface area contributed by atoms with Crippen molar-refractivity contribution in [3.05, 3.63) is 52.0 Å². The summed E-state index contributed by atoms with van der Waals surface area (Å²) in [5, 5.41) is 4.45. The number of aromatic nitrogens is 2. The molecule has 0 atom stereocenters. The van der Waals surface area contributed by atoms with Gasteiger partial charge in [-0.1, -0.05) is 19.9 Å². The molecule has 2 aromatic rings. The number of halogens is 2. The molecule has 0 radical (unpaired) electrons. The molecule has 0 saturated carbocycles. The van der Waals surface area contributed by atoms with Gasteiger partial charge >= 0.3 is 0 Å². The first-order valence-electron chi connectivity index (χ1n) is 7.07. The van der Waals surface area contributed by atoms with Crippen molar-refractivity contribution >= 4 is 21.7 Å². The minimum atomic E-state index is -0.427. The van der Waals surface area contributed by atoms with Gasteiger partial charge in [-0.25, -0.2) is 4.39 Å². The maximum Gasteiger partial charge on any atom is 0.168 e. The zero-order valence-electron chi connectivity index (χ0n) is 12.1. The monoisotopic (exact) mass is 352 g/mol. The second-order valence-corrected chi connectivity index (χ2v) is 5.84. The molecule has 21 heavy (non-hydrogen) atoms. The molecule has 0 aliphatic heterocycles. The number of rotatable bonds is 6. The standard InChI is InChI=1S/C16H18BrFN2O/c1-3-13(4-2)20-8-7-12(19-20)10-16(21)11-5-6-14(17)15(18)9-11/h5-9,13H,3-4,10H2,1-2H3. The van der Waals surface area contributed by atoms with Crippen molar-refractivity contribution in [2.45, 2.75) is 39.2 Å². The number of carbonyl (C=O) groups is 1. The molecule has 5 heteroatoms. The summed E-state index contributed by atoms with van der Waals surface area (Å²) >= 11 is 3.08. The zero-order valence-corrected chi connectivity index (χ0v) is 13.7. The highest BCUT2D eigenvalue weighted by Crippen LogP contribution is 2.18. The molecule has 0 fully saturated rings. The van der Waals surface area contributed by atoms with Crippen LogP contribution in [0.15, 0.2) is 34.9 Å². The van der Waals surface area contributed by atoms with Crippen LogP contribution in [0.25, 0.3) is 0 Å². The molecule has 0 N–H and O–H groups in total. The summed E-state index contributed by atoms with van der Waals surface area (Å²) in [6.45, 7) is 4.23. The summed E-state index contributed by atoms with van der Waals surface area (Å²) in [6.07, 6.45) is 4.10. The topological polar surface area (TPSA) is 34.9 Å². The smallest absolute Gasteiger partial charge is 0.168 e. The van der Waals surface area contributed by atoms with E-state index in [9.17, 15) is 9.18 Å². The molecule has 0 unspecified atom stereocenters. The minimum Gasteiger partial charge on any atom is -0.294 e. The van der Waals surface area contributed by atoms with Gasteiger partial charge in [-0.05, 0) is 47.0 Å². The van der Waals surface area contributed by atoms with Gasteiger partial charge in [-0.3, -0.25) is 9.48 Å². The van der Waals surface area contributed by atoms with Crippen molar-refractivity contribution < 1.29 is 9.18 Å². The number of carbonyl (C=O) groups excluding carboxylic acids is 1. The Hall–Kier alpha value is -1.49. The van der Waals surface area contributed by atoms with Gasteiger partial charge in [-0.2, -0.15) is 5.10 Å². The lowest BCUT2D eigenvalue weighted by Crippen LogP contribution is -2.09. The predicted molar refractivity (Wildman–Crippen MR) is 84.0 cm³/mol. The van der Waals surface area contributed by atoms with Gasteiger partial charge in [0.05, 0.1) is 22.6 Å². The van der Waals surface area contributed by atoms with E-state index in [0.717, 1.165) is 18.5 Å². The Labute approximate surface area is 132 Å². The molecular weight excluding hydrogens is 335 g/mol. The van der Waals surface area contributed by atoms with Crippen molar-refractivity contribution in [2.24, 2.45) is 0 Å². The van der Waals surface area contributed by atoms with Gasteiger partial charge in [-0.15, -0.1) is 0 Å². The van der Waals surface area contributed by atoms with Crippen LogP contribution < -0.4 is 0 Å². The number of nitrogens with zero attached hydrogens (tertiary/aromatic N) is 2. The normalized spacial score (nSPS) is 11.1. The fourth-order valence-electron chi connectivity index (χ4n) is 2.27. The van der Waals surface area contributed by atoms with E-state index in [0.29, 0.717) is 16.1 Å². The van der Waals surface area contributed by atoms with E-state index >= 15 is 0 Å². The largest absolute Gasteiger partial charge is 0.294 e. The van der Waals surface area contributed by atoms with Crippen LogP contribution in [0.3, 0.4) is 0 Å². The van der Waals surface area contributed by atoms with Crippen molar-refractivity contribution in [1.82, 2.24) is 9.78 Å². The molecule has 0 bridgehead atoms. The summed E-state index contributed by atoms with van der Waals surface area (Å²) in [6, 6.07) is 6.63. The summed E-state index contributed by atoms with van der Waals surface area (Å²) in [7, 11) is 0. The third-order valence-electron chi connectivity index (χ3n) is 3.56. The van der Waals surface area contributed by atoms with E-state index in [1.165, 1.54) is 6.07 Å². The van der Waals surface area contributed by atoms with E-state index in [4.69, 9.17) is 0 Å². The Morgan fingerprint density at radius 2 is 2.05 bits per heavy atom. The number of Topliss-reactive ketones (excluding diaryl/α,β-unsaturated/α-hetero) is 1. The SMILES string of the molecule is CCC(CC)n1ccc(CC(=O)c2ccc(Br)c(F)c2)n1. The second kappa shape index (κ2) is 6.98. The Bertz CT molecular complexity index is 635. The first-order chi connectivity index (χ1) is 10.0. The second-order valence-electron chi connectivity index (χ2n) is 4.99. The van der Waals surface area contributed by atoms with Gasteiger partial charge < -0.3 is 0 Å². The zero-order chi connectivity index (χ0) is 15.4. The van der Waals surface area contributed by atoms with Crippen LogP contribution in [-0.4, -0.2) is 15.6 Å². The molecule has 0 spiro atoms. The Balaban J connectivity index is 2.11. The van der Waals surface area contributed by atoms with Gasteiger partial charge in [0, 0.05) is 11.8 Å². The van der Waals surface area contributed by atoms with Crippen LogP contribution in [0.5, 0.6) is 0 Å². The third-order valence-corrected chi connectivity index (χ3v) is 4.21. The number of hydrogen-bond donors (Lipinski definition) is 0. The lowest BCUT2D eigenvalue weighted by atomic mass is 10.1. The predicted octanol–water partition coefficient (Wildman–Crippen LogP) is 4.57. The summed E-state index contributed by atoms with van der Waals surface area (Å²) in [5.74, 6) is -0.556. The van der Waals surface area contributed by atoms with E-state index in [2.05, 4.69) is 34.9 Å². The third kappa shape index (κ3) is 3.79. The molecule has 0 aliphatic rings. The van der Waals surface area contributed by atoms with Crippen LogP contribution in [0.1, 0.15) is 48.8 Å². The van der Waals surface area contributed by atoms with E-state index < -0.39 is 5.82 Å². The van der Waals surface area contributed by atoms with Crippen LogP contribution >= 0.6 is 15.9 Å². The molecule has 0 saturated heterocycles. The Morgan fingerprint density at radius 1 is 1.33 bits per heavy atom. The molecule has 0 amide bonds. The van der Waals surface area contributed by atoms with E-state index in [1.54, 1.807) is 12.1 Å². The number of benzene rings is 1. The molecular formula is C16H18BrFN2O. The summed E-state index contributed by atoms with van der Waals surface area (Å²) < 4.78 is 15.7. The van der Waals surface area contributed by atoms with Crippen LogP contribution in [0.4, 0.5) is 4.39 Å². The summed E-state index contributed by atoms with van der Waals surface area (Å²) in [4.78, 5) is 12.2. The molecule has 112 valence electrons. The molecule has 3 nitrogen and oxygen atoms in total. The van der Waals surface area contributed by atoms with Crippen molar-refractivity contribution in [2.75, 3.05) is 0 Å². The van der Waals surface area contributed by atoms with E-state index in [-0.39, 0.29) is 12.2 Å². The number of ketones is 1. The van der Waals surface area contributed by atoms with Crippen LogP contribution in [0, 0.1) is 5.82 Å². The first-order valence-corrected chi connectivity index (χ1v) is 7.86. The maximum atomic E-state index is 13.5. The van der Waals surface area contributed by atoms with Crippen LogP contribution in [-0.2, 0) is 6.42 Å². The maximum absolute atomic E-state index is 13.5. The van der Waals surface area contributed by atoms with Gasteiger partial charge in [0.1, 0.15) is 5.82 Å². The summed E-state index contributed by atoms with van der Waals surface area (Å²) in [5.41, 5.74) is 1.09. The van der Waals surface area contributed by atoms with E-state index in [1.807, 2.05) is 16.9 Å². The highest BCUT2D eigenvalue weighted by atomic mass is 79.9. The molecule has 1 heterocycles. The Morgan fingerprint density at radius 3 is 2.67 bits per heavy atom. The average molecular weight is 353 g/mol. The lowest BCUT2D eigenvalue weighted by molar-refractivity contribution is 0.0991. The minimum absolute atomic E-state index is 0.129. The van der Waals surface area contributed by atoms with Crippen molar-refractivity contribution in [3.63, 3.8) is 0 Å². The van der Waals surface area contributed by atoms with Gasteiger partial charge in [0.15, 0.2) is 5.78 Å². The molecule has 1 aromatic heterocycles. The number of hydrogen-bond acceptors (Lipinski definition) is 2. The molecule has 1 aromatic carbocycles. The quantitative estimate of drug-likeness (QED) is 0.713. The molecule has 2 rings (SSSR count). The first kappa shape index (κ1) is 15.9. The average Bonchev–Trinajstić information content (AvgIpc) is 2.91. The van der Waals surface area contributed by atoms with Crippen LogP contribution in [0.2, 0.25) is 0 Å². The van der Waals surface area contributed by atoms with Crippen molar-refractivity contribution in [3.8, 4) is 0 Å². The Kier molecular flexibility index (Phi) is 5.28. The highest BCUT2D eigenvalue weighted by molar-refractivity contribution is 9.10. The molecule has 0 aliphatic carbocycles. The highest BCUT2D eigenvalue weighted by Gasteiger charge is 2.13. The lowest BCUT2D eigenvalue weighted by Gasteiger charge is -2.12. The fourth-order valence-corrected chi connectivity index (χ4v) is 2.52. The fraction of sp³-hybridized carbons (Fsp3) is 0.375. The van der Waals surface area contributed by atoms with Gasteiger partial charge in [0.25, 0.3) is 0 Å². The van der Waals surface area contributed by atoms with Crippen molar-refractivity contribution in [1.29, 1.82) is 0 Å².